The summed E-state index contributed by atoms with van der Waals surface area (Å²) in [7, 11) is 1.53. The van der Waals surface area contributed by atoms with Crippen LogP contribution in [0.4, 0.5) is 0 Å². The van der Waals surface area contributed by atoms with E-state index in [2.05, 4.69) is 10.5 Å². The highest BCUT2D eigenvalue weighted by Crippen LogP contribution is 2.12. The van der Waals surface area contributed by atoms with Crippen LogP contribution < -0.4 is 11.0 Å². The molecule has 1 amide bonds. The molecule has 0 radical (unpaired) electrons. The first-order valence-electron chi connectivity index (χ1n) is 5.54. The minimum atomic E-state index is -0.422. The Morgan fingerprint density at radius 2 is 2.37 bits per heavy atom. The van der Waals surface area contributed by atoms with E-state index < -0.39 is 5.91 Å². The lowest BCUT2D eigenvalue weighted by Crippen LogP contribution is -2.33. The number of nitrogens with zero attached hydrogens (tertiary/aromatic N) is 2. The fourth-order valence-corrected chi connectivity index (χ4v) is 2.17. The average molecular weight is 283 g/mol. The normalized spacial score (nSPS) is 10.8. The molecule has 2 aromatic rings. The first-order valence-corrected chi connectivity index (χ1v) is 6.42. The Labute approximate surface area is 112 Å². The zero-order valence-corrected chi connectivity index (χ0v) is 11.1. The molecular weight excluding hydrogens is 270 g/mol. The number of hydroxylamine groups is 1. The summed E-state index contributed by atoms with van der Waals surface area (Å²) in [6, 6.07) is 1.69. The highest BCUT2D eigenvalue weighted by molar-refractivity contribution is 7.16. The molecule has 0 saturated heterocycles. The lowest BCUT2D eigenvalue weighted by Gasteiger charge is -2.07. The highest BCUT2D eigenvalue weighted by atomic mass is 32.1. The number of carbonyl (C=O) groups is 1. The molecule has 0 spiro atoms. The van der Waals surface area contributed by atoms with Crippen molar-refractivity contribution in [3.05, 3.63) is 28.1 Å². The zero-order valence-electron chi connectivity index (χ0n) is 10.3. The molecule has 0 aromatic carbocycles. The highest BCUT2D eigenvalue weighted by Gasteiger charge is 2.08. The summed E-state index contributed by atoms with van der Waals surface area (Å²) in [5.74, 6) is -0.422. The number of fused-ring (bicyclic) bond motifs is 1. The van der Waals surface area contributed by atoms with Crippen LogP contribution in [-0.4, -0.2) is 35.8 Å². The smallest absolute Gasteiger partial charge is 0.263 e. The van der Waals surface area contributed by atoms with Crippen molar-refractivity contribution in [1.82, 2.24) is 15.0 Å². The van der Waals surface area contributed by atoms with Gasteiger partial charge in [-0.2, -0.15) is 0 Å². The molecule has 0 bridgehead atoms. The van der Waals surface area contributed by atoms with Gasteiger partial charge in [0.05, 0.1) is 24.9 Å². The van der Waals surface area contributed by atoms with Gasteiger partial charge in [-0.05, 0) is 11.4 Å². The third-order valence-corrected chi connectivity index (χ3v) is 3.16. The van der Waals surface area contributed by atoms with E-state index >= 15 is 0 Å². The summed E-state index contributed by atoms with van der Waals surface area (Å²) in [6.07, 6.45) is 1.36. The molecule has 2 rings (SSSR count). The Bertz CT molecular complexity index is 622. The molecule has 0 aliphatic rings. The number of carbonyl (C=O) groups excluding carboxylic acids is 1. The predicted octanol–water partition coefficient (Wildman–Crippen LogP) is 0.152. The van der Waals surface area contributed by atoms with Gasteiger partial charge in [0.1, 0.15) is 11.4 Å². The van der Waals surface area contributed by atoms with Crippen LogP contribution in [0, 0.1) is 0 Å². The van der Waals surface area contributed by atoms with Crippen LogP contribution >= 0.6 is 11.3 Å². The van der Waals surface area contributed by atoms with E-state index in [-0.39, 0.29) is 18.7 Å². The van der Waals surface area contributed by atoms with Crippen molar-refractivity contribution < 1.29 is 14.4 Å². The zero-order chi connectivity index (χ0) is 13.7. The van der Waals surface area contributed by atoms with Gasteiger partial charge in [0, 0.05) is 7.11 Å². The molecule has 0 saturated carbocycles. The maximum atomic E-state index is 12.0. The molecular formula is C11H13N3O4S. The van der Waals surface area contributed by atoms with E-state index in [1.165, 1.54) is 29.3 Å². The van der Waals surface area contributed by atoms with Gasteiger partial charge in [-0.3, -0.25) is 19.0 Å². The van der Waals surface area contributed by atoms with Crippen molar-refractivity contribution in [3.63, 3.8) is 0 Å². The SMILES string of the molecule is COCCONC(=O)Cn1cnc2sccc2c1=O. The summed E-state index contributed by atoms with van der Waals surface area (Å²) >= 11 is 1.38. The quantitative estimate of drug-likeness (QED) is 0.603. The van der Waals surface area contributed by atoms with Crippen LogP contribution in [0.3, 0.4) is 0 Å². The number of hydrogen-bond acceptors (Lipinski definition) is 6. The third kappa shape index (κ3) is 3.37. The number of hydrogen-bond donors (Lipinski definition) is 1. The molecule has 0 aliphatic heterocycles. The van der Waals surface area contributed by atoms with Gasteiger partial charge < -0.3 is 4.74 Å². The fraction of sp³-hybridized carbons (Fsp3) is 0.364. The van der Waals surface area contributed by atoms with Crippen molar-refractivity contribution in [2.45, 2.75) is 6.54 Å². The molecule has 2 heterocycles. The lowest BCUT2D eigenvalue weighted by molar-refractivity contribution is -0.135. The number of ether oxygens (including phenoxy) is 1. The molecule has 7 nitrogen and oxygen atoms in total. The molecule has 2 aromatic heterocycles. The van der Waals surface area contributed by atoms with Crippen LogP contribution in [-0.2, 0) is 20.9 Å². The molecule has 0 fully saturated rings. The molecule has 8 heteroatoms. The number of thiophene rings is 1. The minimum Gasteiger partial charge on any atom is -0.382 e. The summed E-state index contributed by atoms with van der Waals surface area (Å²) in [6.45, 7) is 0.492. The van der Waals surface area contributed by atoms with E-state index in [1.807, 2.05) is 0 Å². The Morgan fingerprint density at radius 3 is 3.16 bits per heavy atom. The number of aromatic nitrogens is 2. The number of nitrogens with one attached hydrogen (secondary N) is 1. The molecule has 0 atom stereocenters. The van der Waals surface area contributed by atoms with Crippen molar-refractivity contribution in [2.75, 3.05) is 20.3 Å². The van der Waals surface area contributed by atoms with Crippen LogP contribution in [0.15, 0.2) is 22.6 Å². The van der Waals surface area contributed by atoms with Crippen LogP contribution in [0.1, 0.15) is 0 Å². The molecule has 19 heavy (non-hydrogen) atoms. The molecule has 1 N–H and O–H groups in total. The molecule has 0 aliphatic carbocycles. The Kier molecular flexibility index (Phi) is 4.61. The monoisotopic (exact) mass is 283 g/mol. The van der Waals surface area contributed by atoms with Crippen LogP contribution in [0.5, 0.6) is 0 Å². The van der Waals surface area contributed by atoms with Gasteiger partial charge >= 0.3 is 0 Å². The van der Waals surface area contributed by atoms with Gasteiger partial charge in [0.2, 0.25) is 0 Å². The van der Waals surface area contributed by atoms with Gasteiger partial charge in [-0.15, -0.1) is 11.3 Å². The second-order valence-corrected chi connectivity index (χ2v) is 4.58. The van der Waals surface area contributed by atoms with Gasteiger partial charge in [0.25, 0.3) is 11.5 Å². The Morgan fingerprint density at radius 1 is 1.53 bits per heavy atom. The predicted molar refractivity (Wildman–Crippen MR) is 69.9 cm³/mol. The van der Waals surface area contributed by atoms with Crippen LogP contribution in [0.25, 0.3) is 10.2 Å². The van der Waals surface area contributed by atoms with Crippen molar-refractivity contribution in [2.24, 2.45) is 0 Å². The Hall–Kier alpha value is -1.77. The summed E-state index contributed by atoms with van der Waals surface area (Å²) in [4.78, 5) is 33.2. The van der Waals surface area contributed by atoms with Gasteiger partial charge in [0.15, 0.2) is 0 Å². The fourth-order valence-electron chi connectivity index (χ4n) is 1.45. The maximum Gasteiger partial charge on any atom is 0.263 e. The summed E-state index contributed by atoms with van der Waals surface area (Å²) in [5.41, 5.74) is 1.99. The summed E-state index contributed by atoms with van der Waals surface area (Å²) in [5, 5.41) is 2.30. The third-order valence-electron chi connectivity index (χ3n) is 2.34. The van der Waals surface area contributed by atoms with E-state index in [9.17, 15) is 9.59 Å². The molecule has 0 unspecified atom stereocenters. The summed E-state index contributed by atoms with van der Waals surface area (Å²) < 4.78 is 6.00. The number of amides is 1. The Balaban J connectivity index is 1.99. The lowest BCUT2D eigenvalue weighted by atomic mass is 10.4. The maximum absolute atomic E-state index is 12.0. The van der Waals surface area contributed by atoms with E-state index in [0.717, 1.165) is 0 Å². The largest absolute Gasteiger partial charge is 0.382 e. The van der Waals surface area contributed by atoms with Gasteiger partial charge in [-0.1, -0.05) is 0 Å². The topological polar surface area (TPSA) is 82.4 Å². The second kappa shape index (κ2) is 6.41. The van der Waals surface area contributed by atoms with Gasteiger partial charge in [-0.25, -0.2) is 10.5 Å². The van der Waals surface area contributed by atoms with Crippen molar-refractivity contribution in [1.29, 1.82) is 0 Å². The number of rotatable bonds is 6. The second-order valence-electron chi connectivity index (χ2n) is 3.68. The molecule has 102 valence electrons. The van der Waals surface area contributed by atoms with E-state index in [4.69, 9.17) is 9.57 Å². The standard InChI is InChI=1S/C11H13N3O4S/c1-17-3-4-18-13-9(15)6-14-7-12-10-8(11(14)16)2-5-19-10/h2,5,7H,3-4,6H2,1H3,(H,13,15). The van der Waals surface area contributed by atoms with E-state index in [0.29, 0.717) is 16.8 Å². The van der Waals surface area contributed by atoms with E-state index in [1.54, 1.807) is 11.4 Å². The van der Waals surface area contributed by atoms with Crippen LogP contribution in [0.2, 0.25) is 0 Å². The van der Waals surface area contributed by atoms with Crippen molar-refractivity contribution >= 4 is 27.5 Å². The van der Waals surface area contributed by atoms with Crippen molar-refractivity contribution in [3.8, 4) is 0 Å². The average Bonchev–Trinajstić information content (AvgIpc) is 2.87. The number of methoxy groups -OCH3 is 1. The first kappa shape index (κ1) is 13.7. The first-order chi connectivity index (χ1) is 9.22. The minimum absolute atomic E-state index is 0.134.